The molecule has 1 heterocycles. The highest BCUT2D eigenvalue weighted by Gasteiger charge is 2.35. The molecule has 5 heteroatoms. The molecule has 1 aliphatic heterocycles. The molecule has 1 aliphatic rings. The summed E-state index contributed by atoms with van der Waals surface area (Å²) in [5, 5.41) is 35.6. The lowest BCUT2D eigenvalue weighted by atomic mass is 10.0. The zero-order chi connectivity index (χ0) is 8.43. The van der Waals surface area contributed by atoms with Crippen LogP contribution in [0.3, 0.4) is 0 Å². The van der Waals surface area contributed by atoms with E-state index < -0.39 is 31.2 Å². The Morgan fingerprint density at radius 2 is 1.91 bits per heavy atom. The van der Waals surface area contributed by atoms with Crippen molar-refractivity contribution < 1.29 is 25.2 Å². The van der Waals surface area contributed by atoms with Crippen LogP contribution in [0.2, 0.25) is 0 Å². The van der Waals surface area contributed by atoms with Crippen LogP contribution in [0, 0.1) is 0 Å². The molecule has 0 aromatic carbocycles. The van der Waals surface area contributed by atoms with Crippen LogP contribution in [-0.2, 0) is 4.74 Å². The average Bonchev–Trinajstić information content (AvgIpc) is 1.96. The minimum atomic E-state index is -1.11. The highest BCUT2D eigenvalue weighted by atomic mass is 16.6. The van der Waals surface area contributed by atoms with E-state index in [1.807, 2.05) is 0 Å². The summed E-state index contributed by atoms with van der Waals surface area (Å²) in [7, 11) is 0. The molecule has 4 N–H and O–H groups in total. The van der Waals surface area contributed by atoms with Gasteiger partial charge in [-0.3, -0.25) is 0 Å². The Labute approximate surface area is 63.8 Å². The maximum absolute atomic E-state index is 9.11. The Hall–Kier alpha value is -0.200. The maximum atomic E-state index is 9.11. The Bertz CT molecular complexity index is 128. The Morgan fingerprint density at radius 1 is 1.27 bits per heavy atom. The zero-order valence-electron chi connectivity index (χ0n) is 5.92. The summed E-state index contributed by atoms with van der Waals surface area (Å²) >= 11 is 0. The quantitative estimate of drug-likeness (QED) is 0.353. The van der Waals surface area contributed by atoms with E-state index in [0.29, 0.717) is 0 Å². The van der Waals surface area contributed by atoms with Gasteiger partial charge in [-0.05, 0) is 0 Å². The first-order chi connectivity index (χ1) is 5.15. The lowest BCUT2D eigenvalue weighted by Crippen LogP contribution is -2.49. The molecular formula is C6H12O5. The van der Waals surface area contributed by atoms with Gasteiger partial charge >= 0.3 is 0 Å². The first-order valence-electron chi connectivity index (χ1n) is 3.45. The van der Waals surface area contributed by atoms with Crippen molar-refractivity contribution in [3.63, 3.8) is 0 Å². The van der Waals surface area contributed by atoms with Crippen molar-refractivity contribution in [1.82, 2.24) is 0 Å². The van der Waals surface area contributed by atoms with Crippen molar-refractivity contribution in [2.24, 2.45) is 0 Å². The van der Waals surface area contributed by atoms with Gasteiger partial charge in [-0.1, -0.05) is 0 Å². The fourth-order valence-electron chi connectivity index (χ4n) is 1.08. The maximum Gasteiger partial charge on any atom is 0.157 e. The van der Waals surface area contributed by atoms with Crippen LogP contribution >= 0.6 is 0 Å². The molecule has 0 amide bonds. The third-order valence-electron chi connectivity index (χ3n) is 1.73. The summed E-state index contributed by atoms with van der Waals surface area (Å²) in [5.74, 6) is 0. The van der Waals surface area contributed by atoms with Crippen molar-refractivity contribution >= 4 is 0 Å². The molecule has 0 aliphatic carbocycles. The summed E-state index contributed by atoms with van der Waals surface area (Å²) in [6.07, 6.45) is -4.11. The van der Waals surface area contributed by atoms with Crippen molar-refractivity contribution in [3.05, 3.63) is 0 Å². The van der Waals surface area contributed by atoms with Gasteiger partial charge in [0.2, 0.25) is 0 Å². The molecule has 0 aromatic heterocycles. The predicted octanol–water partition coefficient (Wildman–Crippen LogP) is -2.19. The molecule has 0 saturated carbocycles. The molecule has 1 unspecified atom stereocenters. The number of hydrogen-bond acceptors (Lipinski definition) is 5. The average molecular weight is 164 g/mol. The van der Waals surface area contributed by atoms with Gasteiger partial charge in [-0.25, -0.2) is 0 Å². The minimum Gasteiger partial charge on any atom is -0.394 e. The normalized spacial score (nSPS) is 45.8. The molecule has 0 spiro atoms. The summed E-state index contributed by atoms with van der Waals surface area (Å²) in [5.41, 5.74) is 0. The van der Waals surface area contributed by atoms with Gasteiger partial charge in [0.1, 0.15) is 12.2 Å². The molecule has 1 saturated heterocycles. The first-order valence-corrected chi connectivity index (χ1v) is 3.45. The molecule has 11 heavy (non-hydrogen) atoms. The van der Waals surface area contributed by atoms with Gasteiger partial charge in [0.15, 0.2) is 6.29 Å². The molecule has 1 rings (SSSR count). The van der Waals surface area contributed by atoms with Crippen LogP contribution in [0.15, 0.2) is 0 Å². The van der Waals surface area contributed by atoms with Crippen LogP contribution in [0.25, 0.3) is 0 Å². The number of hydrogen-bond donors (Lipinski definition) is 4. The lowest BCUT2D eigenvalue weighted by Gasteiger charge is -2.33. The number of aliphatic hydroxyl groups is 4. The second-order valence-electron chi connectivity index (χ2n) is 2.61. The van der Waals surface area contributed by atoms with Crippen LogP contribution in [0.4, 0.5) is 0 Å². The van der Waals surface area contributed by atoms with E-state index in [-0.39, 0.29) is 6.42 Å². The topological polar surface area (TPSA) is 90.2 Å². The van der Waals surface area contributed by atoms with Crippen LogP contribution < -0.4 is 0 Å². The number of rotatable bonds is 1. The molecule has 5 nitrogen and oxygen atoms in total. The van der Waals surface area contributed by atoms with Gasteiger partial charge < -0.3 is 25.2 Å². The van der Waals surface area contributed by atoms with E-state index in [0.717, 1.165) is 0 Å². The van der Waals surface area contributed by atoms with E-state index in [1.54, 1.807) is 0 Å². The Balaban J connectivity index is 2.51. The van der Waals surface area contributed by atoms with Crippen LogP contribution in [-0.4, -0.2) is 51.6 Å². The lowest BCUT2D eigenvalue weighted by molar-refractivity contribution is -0.239. The molecular weight excluding hydrogens is 152 g/mol. The summed E-state index contributed by atoms with van der Waals surface area (Å²) < 4.78 is 4.71. The first kappa shape index (κ1) is 8.89. The van der Waals surface area contributed by atoms with Gasteiger partial charge in [0, 0.05) is 6.42 Å². The van der Waals surface area contributed by atoms with E-state index >= 15 is 0 Å². The predicted molar refractivity (Wildman–Crippen MR) is 34.6 cm³/mol. The number of ether oxygens (including phenoxy) is 1. The van der Waals surface area contributed by atoms with Crippen molar-refractivity contribution in [2.75, 3.05) is 6.61 Å². The van der Waals surface area contributed by atoms with Gasteiger partial charge in [0.05, 0.1) is 12.7 Å². The Kier molecular flexibility index (Phi) is 2.80. The summed E-state index contributed by atoms with van der Waals surface area (Å²) in [4.78, 5) is 0. The van der Waals surface area contributed by atoms with Crippen molar-refractivity contribution in [2.45, 2.75) is 31.0 Å². The van der Waals surface area contributed by atoms with Gasteiger partial charge in [0.25, 0.3) is 0 Å². The largest absolute Gasteiger partial charge is 0.394 e. The summed E-state index contributed by atoms with van der Waals surface area (Å²) in [6, 6.07) is 0. The number of aliphatic hydroxyl groups excluding tert-OH is 4. The fraction of sp³-hybridized carbons (Fsp3) is 1.00. The molecule has 0 bridgehead atoms. The molecule has 0 radical (unpaired) electrons. The molecule has 1 fully saturated rings. The molecule has 66 valence electrons. The van der Waals surface area contributed by atoms with E-state index in [2.05, 4.69) is 0 Å². The molecule has 0 aromatic rings. The van der Waals surface area contributed by atoms with E-state index in [1.165, 1.54) is 0 Å². The highest BCUT2D eigenvalue weighted by Crippen LogP contribution is 2.18. The van der Waals surface area contributed by atoms with E-state index in [4.69, 9.17) is 25.2 Å². The third-order valence-corrected chi connectivity index (χ3v) is 1.73. The monoisotopic (exact) mass is 164 g/mol. The third kappa shape index (κ3) is 1.88. The standard InChI is InChI=1S/C6H12O5/c7-2-4-6(10)3(8)1-5(9)11-4/h3-10H,1-2H2/t3-,4+,5?,6+/m0/s1. The highest BCUT2D eigenvalue weighted by molar-refractivity contribution is 4.81. The van der Waals surface area contributed by atoms with Crippen LogP contribution in [0.5, 0.6) is 0 Å². The second-order valence-corrected chi connectivity index (χ2v) is 2.61. The zero-order valence-corrected chi connectivity index (χ0v) is 5.92. The minimum absolute atomic E-state index is 0.0162. The smallest absolute Gasteiger partial charge is 0.157 e. The summed E-state index contributed by atoms with van der Waals surface area (Å²) in [6.45, 7) is -0.407. The van der Waals surface area contributed by atoms with Crippen LogP contribution in [0.1, 0.15) is 6.42 Å². The van der Waals surface area contributed by atoms with E-state index in [9.17, 15) is 0 Å². The van der Waals surface area contributed by atoms with Crippen molar-refractivity contribution in [1.29, 1.82) is 0 Å². The van der Waals surface area contributed by atoms with Gasteiger partial charge in [-0.2, -0.15) is 0 Å². The molecule has 4 atom stereocenters. The van der Waals surface area contributed by atoms with Crippen molar-refractivity contribution in [3.8, 4) is 0 Å². The fourth-order valence-corrected chi connectivity index (χ4v) is 1.08. The van der Waals surface area contributed by atoms with Gasteiger partial charge in [-0.15, -0.1) is 0 Å². The second kappa shape index (κ2) is 3.46. The Morgan fingerprint density at radius 3 is 2.45 bits per heavy atom. The SMILES string of the molecule is OC[C@H]1OC(O)C[C@H](O)[C@H]1O.